The van der Waals surface area contributed by atoms with Crippen LogP contribution in [0.4, 0.5) is 5.82 Å². The van der Waals surface area contributed by atoms with E-state index in [4.69, 9.17) is 16.3 Å². The van der Waals surface area contributed by atoms with Gasteiger partial charge in [0.2, 0.25) is 0 Å². The summed E-state index contributed by atoms with van der Waals surface area (Å²) in [4.78, 5) is 8.99. The van der Waals surface area contributed by atoms with Gasteiger partial charge in [0.25, 0.3) is 0 Å². The fourth-order valence-corrected chi connectivity index (χ4v) is 3.21. The van der Waals surface area contributed by atoms with Crippen molar-refractivity contribution < 1.29 is 0 Å². The van der Waals surface area contributed by atoms with Crippen molar-refractivity contribution in [3.8, 4) is 12.1 Å². The van der Waals surface area contributed by atoms with Gasteiger partial charge < -0.3 is 15.5 Å². The third kappa shape index (κ3) is 4.35. The second-order valence-electron chi connectivity index (χ2n) is 5.34. The monoisotopic (exact) mass is 316 g/mol. The summed E-state index contributed by atoms with van der Waals surface area (Å²) in [6.45, 7) is 5.55. The summed E-state index contributed by atoms with van der Waals surface area (Å²) < 4.78 is 0. The molecule has 0 atom stereocenters. The number of aromatic nitrogens is 1. The molecule has 2 rings (SSSR count). The number of piperazine rings is 1. The molecule has 0 unspecified atom stereocenters. The van der Waals surface area contributed by atoms with Crippen molar-refractivity contribution in [3.05, 3.63) is 17.2 Å². The van der Waals surface area contributed by atoms with Crippen molar-refractivity contribution in [1.29, 1.82) is 10.5 Å². The predicted octanol–water partition coefficient (Wildman–Crippen LogP) is 1.14. The predicted molar refractivity (Wildman–Crippen MR) is 87.4 cm³/mol. The number of anilines is 1. The van der Waals surface area contributed by atoms with Gasteiger partial charge in [-0.25, -0.2) is 4.98 Å². The first-order valence-electron chi connectivity index (χ1n) is 7.28. The third-order valence-electron chi connectivity index (χ3n) is 3.71. The number of hydrogen-bond acceptors (Lipinski definition) is 7. The Bertz CT molecular complexity index is 595. The number of nitriles is 2. The number of thioether (sulfide) groups is 1. The Hall–Kier alpha value is -1.80. The molecular weight excluding hydrogens is 296 g/mol. The molecule has 1 aromatic heterocycles. The fourth-order valence-electron chi connectivity index (χ4n) is 2.32. The molecule has 1 fully saturated rings. The van der Waals surface area contributed by atoms with Gasteiger partial charge in [-0.05, 0) is 26.1 Å². The molecule has 0 bridgehead atoms. The second-order valence-corrected chi connectivity index (χ2v) is 6.43. The lowest BCUT2D eigenvalue weighted by Gasteiger charge is -2.32. The van der Waals surface area contributed by atoms with Crippen LogP contribution in [0.3, 0.4) is 0 Å². The van der Waals surface area contributed by atoms with E-state index in [9.17, 15) is 0 Å². The van der Waals surface area contributed by atoms with E-state index in [0.29, 0.717) is 10.6 Å². The zero-order valence-electron chi connectivity index (χ0n) is 12.7. The van der Waals surface area contributed by atoms with Crippen LogP contribution in [0.5, 0.6) is 0 Å². The number of nitrogen functional groups attached to an aromatic ring is 1. The molecule has 2 N–H and O–H groups in total. The van der Waals surface area contributed by atoms with Crippen LogP contribution in [0.2, 0.25) is 0 Å². The number of nitrogens with two attached hydrogens (primary N) is 1. The van der Waals surface area contributed by atoms with Crippen molar-refractivity contribution in [3.63, 3.8) is 0 Å². The molecule has 1 saturated heterocycles. The van der Waals surface area contributed by atoms with E-state index in [1.807, 2.05) is 6.07 Å². The van der Waals surface area contributed by atoms with Crippen LogP contribution in [0.1, 0.15) is 17.5 Å². The SMILES string of the molecule is CN1CCN(CCCSc2nc(N)c(C#N)cc2C#N)CC1. The summed E-state index contributed by atoms with van der Waals surface area (Å²) >= 11 is 1.53. The van der Waals surface area contributed by atoms with E-state index in [1.54, 1.807) is 0 Å². The maximum absolute atomic E-state index is 9.15. The van der Waals surface area contributed by atoms with E-state index in [-0.39, 0.29) is 11.4 Å². The van der Waals surface area contributed by atoms with Gasteiger partial charge in [0.15, 0.2) is 0 Å². The van der Waals surface area contributed by atoms with Crippen molar-refractivity contribution in [2.24, 2.45) is 0 Å². The van der Waals surface area contributed by atoms with Gasteiger partial charge in [-0.3, -0.25) is 0 Å². The first kappa shape index (κ1) is 16.6. The average molecular weight is 316 g/mol. The quantitative estimate of drug-likeness (QED) is 0.643. The lowest BCUT2D eigenvalue weighted by atomic mass is 10.2. The van der Waals surface area contributed by atoms with Crippen LogP contribution in [-0.2, 0) is 0 Å². The van der Waals surface area contributed by atoms with Gasteiger partial charge in [-0.2, -0.15) is 10.5 Å². The number of rotatable bonds is 5. The zero-order valence-corrected chi connectivity index (χ0v) is 13.6. The summed E-state index contributed by atoms with van der Waals surface area (Å²) in [5, 5.41) is 18.7. The molecule has 0 aromatic carbocycles. The highest BCUT2D eigenvalue weighted by Crippen LogP contribution is 2.24. The molecule has 0 saturated carbocycles. The first-order valence-corrected chi connectivity index (χ1v) is 8.27. The van der Waals surface area contributed by atoms with E-state index in [0.717, 1.165) is 44.9 Å². The summed E-state index contributed by atoms with van der Waals surface area (Å²) in [5.41, 5.74) is 6.41. The van der Waals surface area contributed by atoms with Crippen molar-refractivity contribution >= 4 is 17.6 Å². The van der Waals surface area contributed by atoms with Gasteiger partial charge in [0.1, 0.15) is 23.0 Å². The van der Waals surface area contributed by atoms with Crippen LogP contribution < -0.4 is 5.73 Å². The Labute approximate surface area is 135 Å². The Morgan fingerprint density at radius 1 is 1.23 bits per heavy atom. The smallest absolute Gasteiger partial charge is 0.142 e. The van der Waals surface area contributed by atoms with Crippen LogP contribution in [0, 0.1) is 22.7 Å². The highest BCUT2D eigenvalue weighted by atomic mass is 32.2. The van der Waals surface area contributed by atoms with Gasteiger partial charge in [-0.15, -0.1) is 11.8 Å². The normalized spacial score (nSPS) is 16.1. The largest absolute Gasteiger partial charge is 0.383 e. The van der Waals surface area contributed by atoms with E-state index in [1.165, 1.54) is 17.8 Å². The van der Waals surface area contributed by atoms with Gasteiger partial charge in [0.05, 0.1) is 11.1 Å². The van der Waals surface area contributed by atoms with Crippen molar-refractivity contribution in [1.82, 2.24) is 14.8 Å². The van der Waals surface area contributed by atoms with Crippen LogP contribution >= 0.6 is 11.8 Å². The Morgan fingerprint density at radius 2 is 1.91 bits per heavy atom. The molecule has 1 aliphatic rings. The molecule has 1 aliphatic heterocycles. The van der Waals surface area contributed by atoms with Crippen LogP contribution in [0.25, 0.3) is 0 Å². The maximum atomic E-state index is 9.15. The van der Waals surface area contributed by atoms with Crippen LogP contribution in [0.15, 0.2) is 11.1 Å². The summed E-state index contributed by atoms with van der Waals surface area (Å²) in [6, 6.07) is 5.56. The summed E-state index contributed by atoms with van der Waals surface area (Å²) in [7, 11) is 2.15. The number of hydrogen-bond donors (Lipinski definition) is 1. The topological polar surface area (TPSA) is 93.0 Å². The van der Waals surface area contributed by atoms with Gasteiger partial charge in [-0.1, -0.05) is 0 Å². The molecule has 7 heteroatoms. The number of nitrogens with zero attached hydrogens (tertiary/aromatic N) is 5. The Kier molecular flexibility index (Phi) is 6.02. The van der Waals surface area contributed by atoms with Crippen molar-refractivity contribution in [2.75, 3.05) is 51.3 Å². The van der Waals surface area contributed by atoms with E-state index >= 15 is 0 Å². The lowest BCUT2D eigenvalue weighted by Crippen LogP contribution is -2.44. The lowest BCUT2D eigenvalue weighted by molar-refractivity contribution is 0.154. The van der Waals surface area contributed by atoms with Crippen molar-refractivity contribution in [2.45, 2.75) is 11.4 Å². The molecule has 1 aromatic rings. The highest BCUT2D eigenvalue weighted by molar-refractivity contribution is 7.99. The zero-order chi connectivity index (χ0) is 15.9. The molecule has 2 heterocycles. The molecule has 0 radical (unpaired) electrons. The Morgan fingerprint density at radius 3 is 2.55 bits per heavy atom. The number of pyridine rings is 1. The standard InChI is InChI=1S/C15H20N6S/c1-20-4-6-21(7-5-20)3-2-8-22-15-13(11-17)9-12(10-16)14(18)19-15/h9H,2-8H2,1H3,(H2,18,19). The average Bonchev–Trinajstić information content (AvgIpc) is 2.53. The summed E-state index contributed by atoms with van der Waals surface area (Å²) in [5.74, 6) is 1.09. The van der Waals surface area contributed by atoms with E-state index in [2.05, 4.69) is 27.9 Å². The highest BCUT2D eigenvalue weighted by Gasteiger charge is 2.14. The molecule has 0 aliphatic carbocycles. The third-order valence-corrected chi connectivity index (χ3v) is 4.79. The second kappa shape index (κ2) is 8.00. The molecule has 116 valence electrons. The first-order chi connectivity index (χ1) is 10.6. The minimum atomic E-state index is 0.197. The summed E-state index contributed by atoms with van der Waals surface area (Å²) in [6.07, 6.45) is 1.04. The maximum Gasteiger partial charge on any atom is 0.142 e. The van der Waals surface area contributed by atoms with Crippen LogP contribution in [-0.4, -0.2) is 60.3 Å². The Balaban J connectivity index is 1.83. The number of likely N-dealkylation sites (N-methyl/N-ethyl adjacent to an activating group) is 1. The van der Waals surface area contributed by atoms with E-state index < -0.39 is 0 Å². The minimum Gasteiger partial charge on any atom is -0.383 e. The van der Waals surface area contributed by atoms with Gasteiger partial charge >= 0.3 is 0 Å². The van der Waals surface area contributed by atoms with Gasteiger partial charge in [0, 0.05) is 31.9 Å². The fraction of sp³-hybridized carbons (Fsp3) is 0.533. The molecule has 0 spiro atoms. The molecule has 0 amide bonds. The molecule has 22 heavy (non-hydrogen) atoms. The molecular formula is C15H20N6S. The minimum absolute atomic E-state index is 0.197. The molecule has 6 nitrogen and oxygen atoms in total.